The Labute approximate surface area is 189 Å². The van der Waals surface area contributed by atoms with Crippen molar-refractivity contribution in [1.82, 2.24) is 16.0 Å². The zero-order valence-electron chi connectivity index (χ0n) is 19.2. The van der Waals surface area contributed by atoms with Crippen LogP contribution in [0.15, 0.2) is 29.2 Å². The molecule has 1 heterocycles. The molecule has 2 aliphatic carbocycles. The molecule has 0 amide bonds. The Balaban J connectivity index is 1.53. The van der Waals surface area contributed by atoms with Crippen LogP contribution in [-0.2, 0) is 9.84 Å². The lowest BCUT2D eigenvalue weighted by atomic mass is 9.80. The molecule has 2 saturated carbocycles. The van der Waals surface area contributed by atoms with Gasteiger partial charge in [0, 0.05) is 30.4 Å². The van der Waals surface area contributed by atoms with E-state index in [0.29, 0.717) is 10.9 Å². The highest BCUT2D eigenvalue weighted by atomic mass is 32.2. The third-order valence-corrected chi connectivity index (χ3v) is 8.92. The van der Waals surface area contributed by atoms with Gasteiger partial charge in [-0.15, -0.1) is 0 Å². The second-order valence-electron chi connectivity index (χ2n) is 10.2. The third-order valence-electron chi connectivity index (χ3n) is 7.79. The van der Waals surface area contributed by atoms with Gasteiger partial charge in [-0.3, -0.25) is 10.6 Å². The zero-order valence-corrected chi connectivity index (χ0v) is 20.0. The fraction of sp³-hybridized carbons (Fsp3) is 0.760. The Bertz CT molecular complexity index is 793. The molecule has 1 aromatic carbocycles. The maximum atomic E-state index is 11.8. The molecule has 3 aliphatic rings. The summed E-state index contributed by atoms with van der Waals surface area (Å²) < 4.78 is 23.7. The zero-order chi connectivity index (χ0) is 21.7. The van der Waals surface area contributed by atoms with Crippen molar-refractivity contribution < 1.29 is 8.42 Å². The van der Waals surface area contributed by atoms with E-state index in [1.807, 2.05) is 12.1 Å². The van der Waals surface area contributed by atoms with Crippen molar-refractivity contribution in [3.63, 3.8) is 0 Å². The van der Waals surface area contributed by atoms with E-state index in [1.54, 1.807) is 12.1 Å². The molecule has 1 aromatic rings. The largest absolute Gasteiger partial charge is 0.307 e. The van der Waals surface area contributed by atoms with E-state index in [-0.39, 0.29) is 17.7 Å². The fourth-order valence-corrected chi connectivity index (χ4v) is 6.51. The Morgan fingerprint density at radius 2 is 1.45 bits per heavy atom. The van der Waals surface area contributed by atoms with Crippen LogP contribution in [0.5, 0.6) is 0 Å². The van der Waals surface area contributed by atoms with E-state index in [9.17, 15) is 8.42 Å². The highest BCUT2D eigenvalue weighted by Crippen LogP contribution is 2.34. The first-order chi connectivity index (χ1) is 15.0. The van der Waals surface area contributed by atoms with Gasteiger partial charge in [0.15, 0.2) is 9.84 Å². The van der Waals surface area contributed by atoms with Crippen molar-refractivity contribution in [2.24, 2.45) is 0 Å². The van der Waals surface area contributed by atoms with E-state index in [0.717, 1.165) is 12.1 Å². The summed E-state index contributed by atoms with van der Waals surface area (Å²) in [4.78, 5) is 0.393. The summed E-state index contributed by atoms with van der Waals surface area (Å²) in [5, 5.41) is 12.1. The second-order valence-corrected chi connectivity index (χ2v) is 12.2. The first-order valence-corrected chi connectivity index (χ1v) is 14.4. The Kier molecular flexibility index (Phi) is 7.73. The van der Waals surface area contributed by atoms with Crippen molar-refractivity contribution in [3.05, 3.63) is 29.8 Å². The molecule has 31 heavy (non-hydrogen) atoms. The molecule has 5 nitrogen and oxygen atoms in total. The van der Waals surface area contributed by atoms with Crippen LogP contribution in [0, 0.1) is 0 Å². The minimum Gasteiger partial charge on any atom is -0.307 e. The predicted molar refractivity (Wildman–Crippen MR) is 127 cm³/mol. The molecule has 1 aliphatic heterocycles. The maximum absolute atomic E-state index is 11.8. The lowest BCUT2D eigenvalue weighted by Crippen LogP contribution is -2.72. The highest BCUT2D eigenvalue weighted by Gasteiger charge is 2.43. The quantitative estimate of drug-likeness (QED) is 0.636. The van der Waals surface area contributed by atoms with Crippen molar-refractivity contribution in [3.8, 4) is 0 Å². The van der Waals surface area contributed by atoms with E-state index >= 15 is 0 Å². The minimum atomic E-state index is -3.16. The molecule has 3 fully saturated rings. The summed E-state index contributed by atoms with van der Waals surface area (Å²) >= 11 is 0. The van der Waals surface area contributed by atoms with E-state index in [1.165, 1.54) is 89.7 Å². The average Bonchev–Trinajstić information content (AvgIpc) is 2.88. The lowest BCUT2D eigenvalue weighted by molar-refractivity contribution is 0.0983. The van der Waals surface area contributed by atoms with Gasteiger partial charge < -0.3 is 5.32 Å². The van der Waals surface area contributed by atoms with Gasteiger partial charge >= 0.3 is 0 Å². The molecule has 1 saturated heterocycles. The van der Waals surface area contributed by atoms with Gasteiger partial charge in [0.2, 0.25) is 0 Å². The van der Waals surface area contributed by atoms with Crippen LogP contribution in [0.25, 0.3) is 0 Å². The topological polar surface area (TPSA) is 70.2 Å². The summed E-state index contributed by atoms with van der Waals surface area (Å²) in [5.74, 6) is 0. The number of nitrogens with one attached hydrogen (secondary N) is 3. The molecular formula is C25H41N3O2S. The second kappa shape index (κ2) is 10.3. The average molecular weight is 448 g/mol. The monoisotopic (exact) mass is 447 g/mol. The summed E-state index contributed by atoms with van der Waals surface area (Å²) in [5.41, 5.74) is 1.28. The van der Waals surface area contributed by atoms with Crippen LogP contribution in [-0.4, -0.2) is 39.0 Å². The molecule has 2 unspecified atom stereocenters. The number of hydrogen-bond acceptors (Lipinski definition) is 5. The first kappa shape index (κ1) is 23.2. The van der Waals surface area contributed by atoms with E-state index in [4.69, 9.17) is 0 Å². The van der Waals surface area contributed by atoms with Crippen molar-refractivity contribution >= 4 is 9.84 Å². The molecule has 3 N–H and O–H groups in total. The Morgan fingerprint density at radius 1 is 0.871 bits per heavy atom. The summed E-state index contributed by atoms with van der Waals surface area (Å²) in [6.07, 6.45) is 18.6. The van der Waals surface area contributed by atoms with Gasteiger partial charge in [-0.2, -0.15) is 0 Å². The van der Waals surface area contributed by atoms with Gasteiger partial charge in [-0.1, -0.05) is 69.9 Å². The molecule has 0 radical (unpaired) electrons. The van der Waals surface area contributed by atoms with Gasteiger partial charge in [-0.05, 0) is 43.4 Å². The van der Waals surface area contributed by atoms with Crippen LogP contribution in [0.1, 0.15) is 95.1 Å². The van der Waals surface area contributed by atoms with Crippen LogP contribution in [0.2, 0.25) is 0 Å². The van der Waals surface area contributed by atoms with Crippen LogP contribution in [0.3, 0.4) is 0 Å². The summed E-state index contributed by atoms with van der Waals surface area (Å²) in [7, 11) is -3.16. The van der Waals surface area contributed by atoms with Crippen LogP contribution in [0.4, 0.5) is 0 Å². The van der Waals surface area contributed by atoms with Crippen LogP contribution >= 0.6 is 0 Å². The fourth-order valence-electron chi connectivity index (χ4n) is 5.88. The predicted octanol–water partition coefficient (Wildman–Crippen LogP) is 4.45. The number of sulfone groups is 1. The molecule has 2 atom stereocenters. The SMILES string of the molecule is CS(=O)(=O)c1ccc(C2CNC3(CCCCCCCC3)C(NC3CCCCC3)N2)cc1. The van der Waals surface area contributed by atoms with Crippen molar-refractivity contribution in [2.45, 2.75) is 112 Å². The molecule has 174 valence electrons. The van der Waals surface area contributed by atoms with Crippen LogP contribution < -0.4 is 16.0 Å². The highest BCUT2D eigenvalue weighted by molar-refractivity contribution is 7.90. The molecule has 6 heteroatoms. The number of benzene rings is 1. The number of rotatable bonds is 4. The molecule has 0 bridgehead atoms. The maximum Gasteiger partial charge on any atom is 0.175 e. The Morgan fingerprint density at radius 3 is 2.06 bits per heavy atom. The third kappa shape index (κ3) is 5.89. The van der Waals surface area contributed by atoms with Gasteiger partial charge in [0.05, 0.1) is 11.1 Å². The molecule has 4 rings (SSSR count). The normalized spacial score (nSPS) is 28.5. The smallest absolute Gasteiger partial charge is 0.175 e. The molecular weight excluding hydrogens is 406 g/mol. The van der Waals surface area contributed by atoms with E-state index < -0.39 is 9.84 Å². The standard InChI is InChI=1S/C25H41N3O2S/c1-31(29,30)22-15-13-20(14-16-22)23-19-26-25(17-9-4-2-3-5-10-18-25)24(28-23)27-21-11-7-6-8-12-21/h13-16,21,23-24,26-28H,2-12,17-19H2,1H3. The summed E-state index contributed by atoms with van der Waals surface area (Å²) in [6, 6.07) is 8.25. The van der Waals surface area contributed by atoms with Gasteiger partial charge in [0.25, 0.3) is 0 Å². The molecule has 1 spiro atoms. The van der Waals surface area contributed by atoms with Gasteiger partial charge in [0.1, 0.15) is 0 Å². The number of piperazine rings is 1. The van der Waals surface area contributed by atoms with Crippen molar-refractivity contribution in [1.29, 1.82) is 0 Å². The van der Waals surface area contributed by atoms with Crippen molar-refractivity contribution in [2.75, 3.05) is 12.8 Å². The summed E-state index contributed by atoms with van der Waals surface area (Å²) in [6.45, 7) is 0.890. The number of hydrogen-bond donors (Lipinski definition) is 3. The minimum absolute atomic E-state index is 0.116. The van der Waals surface area contributed by atoms with Gasteiger partial charge in [-0.25, -0.2) is 8.42 Å². The first-order valence-electron chi connectivity index (χ1n) is 12.5. The lowest BCUT2D eigenvalue weighted by Gasteiger charge is -2.50. The van der Waals surface area contributed by atoms with E-state index in [2.05, 4.69) is 16.0 Å². The Hall–Kier alpha value is -0.950. The molecule has 0 aromatic heterocycles.